The molecule has 0 aromatic heterocycles. The molecule has 0 heterocycles. The molecule has 0 saturated heterocycles. The first kappa shape index (κ1) is 19.0. The summed E-state index contributed by atoms with van der Waals surface area (Å²) in [7, 11) is -3.66. The fourth-order valence-corrected chi connectivity index (χ4v) is 3.14. The van der Waals surface area contributed by atoms with Gasteiger partial charge in [0.15, 0.2) is 5.78 Å². The number of sulfonamides is 1. The molecule has 0 aliphatic rings. The maximum Gasteiger partial charge on any atom is 0.245 e. The molecule has 0 fully saturated rings. The summed E-state index contributed by atoms with van der Waals surface area (Å²) in [5, 5.41) is 3.06. The number of hydrogen-bond acceptors (Lipinski definition) is 4. The molecule has 1 amide bonds. The van der Waals surface area contributed by atoms with Crippen molar-refractivity contribution in [2.24, 2.45) is 0 Å². The highest BCUT2D eigenvalue weighted by Gasteiger charge is 2.21. The molecule has 0 spiro atoms. The lowest BCUT2D eigenvalue weighted by Crippen LogP contribution is -2.37. The Kier molecular flexibility index (Phi) is 5.81. The number of ketones is 1. The Morgan fingerprint density at radius 2 is 1.76 bits per heavy atom. The highest BCUT2D eigenvalue weighted by molar-refractivity contribution is 7.92. The summed E-state index contributed by atoms with van der Waals surface area (Å²) >= 11 is 5.81. The second-order valence-corrected chi connectivity index (χ2v) is 7.77. The fraction of sp³-hybridized carbons (Fsp3) is 0.176. The zero-order valence-corrected chi connectivity index (χ0v) is 15.3. The van der Waals surface area contributed by atoms with Gasteiger partial charge in [0.1, 0.15) is 6.54 Å². The smallest absolute Gasteiger partial charge is 0.245 e. The van der Waals surface area contributed by atoms with E-state index in [1.165, 1.54) is 25.1 Å². The molecule has 0 aliphatic heterocycles. The van der Waals surface area contributed by atoms with E-state index in [4.69, 9.17) is 11.6 Å². The standard InChI is InChI=1S/C17H17ClN2O4S/c1-12(21)13-4-3-5-15(10-13)19-17(22)11-20(25(2,23)24)16-8-6-14(18)7-9-16/h3-10H,11H2,1-2H3,(H,19,22). The summed E-state index contributed by atoms with van der Waals surface area (Å²) in [6.45, 7) is 1.03. The summed E-state index contributed by atoms with van der Waals surface area (Å²) < 4.78 is 25.0. The molecule has 8 heteroatoms. The van der Waals surface area contributed by atoms with Crippen molar-refractivity contribution in [2.75, 3.05) is 22.4 Å². The van der Waals surface area contributed by atoms with E-state index in [-0.39, 0.29) is 5.78 Å². The molecule has 2 aromatic rings. The van der Waals surface area contributed by atoms with E-state index in [1.54, 1.807) is 30.3 Å². The number of benzene rings is 2. The predicted octanol–water partition coefficient (Wildman–Crippen LogP) is 2.95. The van der Waals surface area contributed by atoms with E-state index in [9.17, 15) is 18.0 Å². The molecule has 0 bridgehead atoms. The van der Waals surface area contributed by atoms with Crippen molar-refractivity contribution in [2.45, 2.75) is 6.92 Å². The Morgan fingerprint density at radius 3 is 2.32 bits per heavy atom. The molecular weight excluding hydrogens is 364 g/mol. The molecule has 6 nitrogen and oxygen atoms in total. The molecule has 2 aromatic carbocycles. The number of amides is 1. The van der Waals surface area contributed by atoms with Gasteiger partial charge in [-0.15, -0.1) is 0 Å². The zero-order valence-electron chi connectivity index (χ0n) is 13.7. The lowest BCUT2D eigenvalue weighted by molar-refractivity contribution is -0.114. The van der Waals surface area contributed by atoms with Crippen LogP contribution in [-0.2, 0) is 14.8 Å². The van der Waals surface area contributed by atoms with Crippen LogP contribution in [0.4, 0.5) is 11.4 Å². The molecule has 132 valence electrons. The normalized spacial score (nSPS) is 11.0. The van der Waals surface area contributed by atoms with Crippen LogP contribution in [0.25, 0.3) is 0 Å². The largest absolute Gasteiger partial charge is 0.324 e. The summed E-state index contributed by atoms with van der Waals surface area (Å²) in [4.78, 5) is 23.7. The van der Waals surface area contributed by atoms with Gasteiger partial charge in [-0.25, -0.2) is 8.42 Å². The molecule has 0 aliphatic carbocycles. The number of rotatable bonds is 6. The third-order valence-electron chi connectivity index (χ3n) is 3.36. The number of hydrogen-bond donors (Lipinski definition) is 1. The van der Waals surface area contributed by atoms with Gasteiger partial charge in [-0.05, 0) is 43.3 Å². The van der Waals surface area contributed by atoms with E-state index in [0.717, 1.165) is 10.6 Å². The summed E-state index contributed by atoms with van der Waals surface area (Å²) in [6, 6.07) is 12.6. The number of anilines is 2. The molecule has 0 unspecified atom stereocenters. The van der Waals surface area contributed by atoms with Gasteiger partial charge in [-0.2, -0.15) is 0 Å². The van der Waals surface area contributed by atoms with Crippen LogP contribution >= 0.6 is 11.6 Å². The first-order valence-corrected chi connectivity index (χ1v) is 9.53. The predicted molar refractivity (Wildman–Crippen MR) is 98.7 cm³/mol. The third kappa shape index (κ3) is 5.30. The van der Waals surface area contributed by atoms with Crippen molar-refractivity contribution in [1.29, 1.82) is 0 Å². The van der Waals surface area contributed by atoms with Crippen molar-refractivity contribution >= 4 is 44.7 Å². The van der Waals surface area contributed by atoms with E-state index < -0.39 is 22.5 Å². The summed E-state index contributed by atoms with van der Waals surface area (Å²) in [6.07, 6.45) is 1.02. The van der Waals surface area contributed by atoms with Crippen molar-refractivity contribution in [1.82, 2.24) is 0 Å². The van der Waals surface area contributed by atoms with Crippen molar-refractivity contribution < 1.29 is 18.0 Å². The van der Waals surface area contributed by atoms with Crippen molar-refractivity contribution in [3.05, 3.63) is 59.1 Å². The molecule has 1 N–H and O–H groups in total. The summed E-state index contributed by atoms with van der Waals surface area (Å²) in [5.74, 6) is -0.656. The number of Topliss-reactive ketones (excluding diaryl/α,β-unsaturated/α-hetero) is 1. The van der Waals surface area contributed by atoms with Gasteiger partial charge >= 0.3 is 0 Å². The molecule has 25 heavy (non-hydrogen) atoms. The van der Waals surface area contributed by atoms with Crippen LogP contribution in [0.3, 0.4) is 0 Å². The van der Waals surface area contributed by atoms with E-state index in [2.05, 4.69) is 5.32 Å². The minimum absolute atomic E-state index is 0.130. The Morgan fingerprint density at radius 1 is 1.12 bits per heavy atom. The number of halogens is 1. The van der Waals surface area contributed by atoms with E-state index in [0.29, 0.717) is 22.0 Å². The van der Waals surface area contributed by atoms with Crippen LogP contribution in [-0.4, -0.2) is 32.9 Å². The average Bonchev–Trinajstić information content (AvgIpc) is 2.53. The van der Waals surface area contributed by atoms with Crippen molar-refractivity contribution in [3.63, 3.8) is 0 Å². The lowest BCUT2D eigenvalue weighted by atomic mass is 10.1. The highest BCUT2D eigenvalue weighted by atomic mass is 35.5. The van der Waals surface area contributed by atoms with E-state index in [1.807, 2.05) is 0 Å². The van der Waals surface area contributed by atoms with Crippen molar-refractivity contribution in [3.8, 4) is 0 Å². The minimum atomic E-state index is -3.66. The van der Waals surface area contributed by atoms with Crippen LogP contribution in [0.5, 0.6) is 0 Å². The van der Waals surface area contributed by atoms with Gasteiger partial charge in [0.2, 0.25) is 15.9 Å². The quantitative estimate of drug-likeness (QED) is 0.781. The maximum absolute atomic E-state index is 12.3. The molecule has 0 saturated carbocycles. The monoisotopic (exact) mass is 380 g/mol. The second kappa shape index (κ2) is 7.67. The Hall–Kier alpha value is -2.38. The van der Waals surface area contributed by atoms with Gasteiger partial charge in [0.05, 0.1) is 11.9 Å². The highest BCUT2D eigenvalue weighted by Crippen LogP contribution is 2.20. The third-order valence-corrected chi connectivity index (χ3v) is 4.75. The topological polar surface area (TPSA) is 83.6 Å². The van der Waals surface area contributed by atoms with Crippen LogP contribution < -0.4 is 9.62 Å². The van der Waals surface area contributed by atoms with Gasteiger partial charge in [0, 0.05) is 16.3 Å². The zero-order chi connectivity index (χ0) is 18.6. The van der Waals surface area contributed by atoms with Gasteiger partial charge in [-0.3, -0.25) is 13.9 Å². The Bertz CT molecular complexity index is 895. The first-order chi connectivity index (χ1) is 11.7. The number of nitrogens with zero attached hydrogens (tertiary/aromatic N) is 1. The first-order valence-electron chi connectivity index (χ1n) is 7.31. The maximum atomic E-state index is 12.3. The Labute approximate surface area is 151 Å². The van der Waals surface area contributed by atoms with Gasteiger partial charge in [0.25, 0.3) is 0 Å². The van der Waals surface area contributed by atoms with Crippen LogP contribution in [0, 0.1) is 0 Å². The average molecular weight is 381 g/mol. The molecular formula is C17H17ClN2O4S. The van der Waals surface area contributed by atoms with Crippen LogP contribution in [0.1, 0.15) is 17.3 Å². The second-order valence-electron chi connectivity index (χ2n) is 5.43. The number of nitrogens with one attached hydrogen (secondary N) is 1. The van der Waals surface area contributed by atoms with Gasteiger partial charge in [-0.1, -0.05) is 23.7 Å². The Balaban J connectivity index is 2.19. The molecule has 0 atom stereocenters. The lowest BCUT2D eigenvalue weighted by Gasteiger charge is -2.22. The fourth-order valence-electron chi connectivity index (χ4n) is 2.15. The SMILES string of the molecule is CC(=O)c1cccc(NC(=O)CN(c2ccc(Cl)cc2)S(C)(=O)=O)c1. The number of carbonyl (C=O) groups is 2. The van der Waals surface area contributed by atoms with E-state index >= 15 is 0 Å². The molecule has 2 rings (SSSR count). The van der Waals surface area contributed by atoms with Gasteiger partial charge < -0.3 is 5.32 Å². The molecule has 0 radical (unpaired) electrons. The minimum Gasteiger partial charge on any atom is -0.324 e. The summed E-state index contributed by atoms with van der Waals surface area (Å²) in [5.41, 5.74) is 1.21. The van der Waals surface area contributed by atoms with Crippen LogP contribution in [0.2, 0.25) is 5.02 Å². The van der Waals surface area contributed by atoms with Crippen LogP contribution in [0.15, 0.2) is 48.5 Å². The number of carbonyl (C=O) groups excluding carboxylic acids is 2.